The van der Waals surface area contributed by atoms with E-state index in [1.54, 1.807) is 4.31 Å². The quantitative estimate of drug-likeness (QED) is 0.840. The van der Waals surface area contributed by atoms with E-state index in [4.69, 9.17) is 4.52 Å². The summed E-state index contributed by atoms with van der Waals surface area (Å²) in [6.45, 7) is 4.61. The maximum atomic E-state index is 12.8. The number of sulfonamides is 1. The summed E-state index contributed by atoms with van der Waals surface area (Å²) in [6, 6.07) is 11.0. The van der Waals surface area contributed by atoms with Crippen LogP contribution in [0.3, 0.4) is 0 Å². The molecule has 1 atom stereocenters. The summed E-state index contributed by atoms with van der Waals surface area (Å²) in [7, 11) is -3.37. The molecule has 1 aromatic heterocycles. The highest BCUT2D eigenvalue weighted by Gasteiger charge is 2.37. The summed E-state index contributed by atoms with van der Waals surface area (Å²) in [6.07, 6.45) is 1.64. The molecule has 0 spiro atoms. The minimum atomic E-state index is -3.37. The Bertz CT molecular complexity index is 753. The molecule has 124 valence electrons. The zero-order valence-corrected chi connectivity index (χ0v) is 14.3. The van der Waals surface area contributed by atoms with Gasteiger partial charge >= 0.3 is 0 Å². The molecule has 1 aromatic carbocycles. The van der Waals surface area contributed by atoms with Gasteiger partial charge in [-0.1, -0.05) is 49.3 Å². The molecule has 23 heavy (non-hydrogen) atoms. The van der Waals surface area contributed by atoms with E-state index in [0.29, 0.717) is 6.54 Å². The van der Waals surface area contributed by atoms with Crippen LogP contribution in [0.4, 0.5) is 0 Å². The van der Waals surface area contributed by atoms with Crippen molar-refractivity contribution in [2.45, 2.75) is 44.4 Å². The Labute approximate surface area is 137 Å². The fourth-order valence-electron chi connectivity index (χ4n) is 2.97. The number of hydrogen-bond donors (Lipinski definition) is 0. The Morgan fingerprint density at radius 2 is 2.04 bits per heavy atom. The molecule has 0 N–H and O–H groups in total. The van der Waals surface area contributed by atoms with Gasteiger partial charge < -0.3 is 4.52 Å². The lowest BCUT2D eigenvalue weighted by molar-refractivity contribution is 0.338. The normalized spacial score (nSPS) is 19.5. The molecule has 0 radical (unpaired) electrons. The fourth-order valence-corrected chi connectivity index (χ4v) is 4.76. The maximum absolute atomic E-state index is 12.8. The molecule has 2 heterocycles. The highest BCUT2D eigenvalue weighted by atomic mass is 32.2. The lowest BCUT2D eigenvalue weighted by Gasteiger charge is -2.22. The SMILES string of the molecule is CC(C)c1cc([C@H]2CCCN2S(=O)(=O)Cc2ccccc2)no1. The van der Waals surface area contributed by atoms with Crippen LogP contribution in [-0.4, -0.2) is 24.4 Å². The lowest BCUT2D eigenvalue weighted by atomic mass is 10.1. The van der Waals surface area contributed by atoms with Gasteiger partial charge in [-0.15, -0.1) is 0 Å². The van der Waals surface area contributed by atoms with Gasteiger partial charge in [0.05, 0.1) is 11.8 Å². The average Bonchev–Trinajstić information content (AvgIpc) is 3.17. The largest absolute Gasteiger partial charge is 0.361 e. The predicted molar refractivity (Wildman–Crippen MR) is 88.3 cm³/mol. The minimum Gasteiger partial charge on any atom is -0.361 e. The van der Waals surface area contributed by atoms with E-state index < -0.39 is 10.0 Å². The topological polar surface area (TPSA) is 63.4 Å². The van der Waals surface area contributed by atoms with Crippen LogP contribution in [0.1, 0.15) is 55.7 Å². The van der Waals surface area contributed by atoms with Crippen LogP contribution in [0.2, 0.25) is 0 Å². The molecule has 0 unspecified atom stereocenters. The molecule has 5 nitrogen and oxygen atoms in total. The van der Waals surface area contributed by atoms with Gasteiger partial charge in [-0.2, -0.15) is 4.31 Å². The van der Waals surface area contributed by atoms with Crippen molar-refractivity contribution in [2.75, 3.05) is 6.54 Å². The van der Waals surface area contributed by atoms with Gasteiger partial charge in [0.2, 0.25) is 10.0 Å². The number of nitrogens with zero attached hydrogens (tertiary/aromatic N) is 2. The molecule has 0 aliphatic carbocycles. The van der Waals surface area contributed by atoms with Crippen molar-refractivity contribution in [3.05, 3.63) is 53.4 Å². The molecule has 6 heteroatoms. The second-order valence-electron chi connectivity index (χ2n) is 6.32. The molecular weight excluding hydrogens is 312 g/mol. The first-order valence-corrected chi connectivity index (χ1v) is 9.58. The molecular formula is C17H22N2O3S. The maximum Gasteiger partial charge on any atom is 0.218 e. The molecule has 2 aromatic rings. The Morgan fingerprint density at radius 1 is 1.30 bits per heavy atom. The van der Waals surface area contributed by atoms with E-state index in [-0.39, 0.29) is 17.7 Å². The van der Waals surface area contributed by atoms with E-state index >= 15 is 0 Å². The van der Waals surface area contributed by atoms with Gasteiger partial charge in [-0.3, -0.25) is 0 Å². The Morgan fingerprint density at radius 3 is 2.70 bits per heavy atom. The smallest absolute Gasteiger partial charge is 0.218 e. The zero-order chi connectivity index (χ0) is 16.4. The molecule has 3 rings (SSSR count). The van der Waals surface area contributed by atoms with Crippen molar-refractivity contribution in [3.8, 4) is 0 Å². The van der Waals surface area contributed by atoms with E-state index in [2.05, 4.69) is 5.16 Å². The molecule has 0 amide bonds. The van der Waals surface area contributed by atoms with Crippen molar-refractivity contribution in [2.24, 2.45) is 0 Å². The van der Waals surface area contributed by atoms with Gasteiger partial charge in [0, 0.05) is 18.5 Å². The highest BCUT2D eigenvalue weighted by molar-refractivity contribution is 7.88. The van der Waals surface area contributed by atoms with Gasteiger partial charge in [-0.25, -0.2) is 8.42 Å². The molecule has 1 saturated heterocycles. The monoisotopic (exact) mass is 334 g/mol. The van der Waals surface area contributed by atoms with Crippen LogP contribution < -0.4 is 0 Å². The highest BCUT2D eigenvalue weighted by Crippen LogP contribution is 2.35. The Kier molecular flexibility index (Phi) is 4.55. The first-order chi connectivity index (χ1) is 11.0. The van der Waals surface area contributed by atoms with Crippen molar-refractivity contribution in [3.63, 3.8) is 0 Å². The van der Waals surface area contributed by atoms with Crippen molar-refractivity contribution in [1.82, 2.24) is 9.46 Å². The summed E-state index contributed by atoms with van der Waals surface area (Å²) in [5, 5.41) is 4.11. The first kappa shape index (κ1) is 16.2. The third-order valence-corrected chi connectivity index (χ3v) is 6.06. The first-order valence-electron chi connectivity index (χ1n) is 7.97. The number of hydrogen-bond acceptors (Lipinski definition) is 4. The summed E-state index contributed by atoms with van der Waals surface area (Å²) in [5.41, 5.74) is 1.53. The molecule has 1 aliphatic rings. The van der Waals surface area contributed by atoms with E-state index in [1.807, 2.05) is 50.2 Å². The van der Waals surface area contributed by atoms with Gasteiger partial charge in [-0.05, 0) is 18.4 Å². The standard InChI is InChI=1S/C17H22N2O3S/c1-13(2)17-11-15(18-22-17)16-9-6-10-19(16)23(20,21)12-14-7-4-3-5-8-14/h3-5,7-8,11,13,16H,6,9-10,12H2,1-2H3/t16-/m1/s1. The summed E-state index contributed by atoms with van der Waals surface area (Å²) in [4.78, 5) is 0. The third-order valence-electron chi connectivity index (χ3n) is 4.21. The zero-order valence-electron chi connectivity index (χ0n) is 13.5. The second kappa shape index (κ2) is 6.45. The van der Waals surface area contributed by atoms with Crippen molar-refractivity contribution in [1.29, 1.82) is 0 Å². The third kappa shape index (κ3) is 3.48. The molecule has 1 fully saturated rings. The summed E-state index contributed by atoms with van der Waals surface area (Å²) >= 11 is 0. The average molecular weight is 334 g/mol. The number of aromatic nitrogens is 1. The van der Waals surface area contributed by atoms with Gasteiger partial charge in [0.25, 0.3) is 0 Å². The van der Waals surface area contributed by atoms with Gasteiger partial charge in [0.1, 0.15) is 11.5 Å². The molecule has 0 saturated carbocycles. The van der Waals surface area contributed by atoms with Crippen molar-refractivity contribution < 1.29 is 12.9 Å². The Balaban J connectivity index is 1.82. The van der Waals surface area contributed by atoms with Crippen LogP contribution in [-0.2, 0) is 15.8 Å². The van der Waals surface area contributed by atoms with E-state index in [9.17, 15) is 8.42 Å². The second-order valence-corrected chi connectivity index (χ2v) is 8.24. The van der Waals surface area contributed by atoms with Crippen LogP contribution >= 0.6 is 0 Å². The minimum absolute atomic E-state index is 0.0270. The van der Waals surface area contributed by atoms with Crippen molar-refractivity contribution >= 4 is 10.0 Å². The molecule has 0 bridgehead atoms. The fraction of sp³-hybridized carbons (Fsp3) is 0.471. The van der Waals surface area contributed by atoms with Crippen LogP contribution in [0.15, 0.2) is 40.9 Å². The molecule has 1 aliphatic heterocycles. The lowest BCUT2D eigenvalue weighted by Crippen LogP contribution is -2.31. The predicted octanol–water partition coefficient (Wildman–Crippen LogP) is 3.46. The summed E-state index contributed by atoms with van der Waals surface area (Å²) in [5.74, 6) is 1.07. The number of benzene rings is 1. The Hall–Kier alpha value is -1.66. The van der Waals surface area contributed by atoms with E-state index in [1.165, 1.54) is 0 Å². The number of rotatable bonds is 5. The van der Waals surface area contributed by atoms with E-state index in [0.717, 1.165) is 29.9 Å². The van der Waals surface area contributed by atoms with Crippen LogP contribution in [0, 0.1) is 0 Å². The summed E-state index contributed by atoms with van der Waals surface area (Å²) < 4.78 is 32.5. The van der Waals surface area contributed by atoms with Crippen LogP contribution in [0.5, 0.6) is 0 Å². The van der Waals surface area contributed by atoms with Gasteiger partial charge in [0.15, 0.2) is 0 Å². The van der Waals surface area contributed by atoms with Crippen LogP contribution in [0.25, 0.3) is 0 Å².